The summed E-state index contributed by atoms with van der Waals surface area (Å²) in [6, 6.07) is 3.80. The zero-order valence-corrected chi connectivity index (χ0v) is 19.1. The van der Waals surface area contributed by atoms with Crippen LogP contribution in [0.2, 0.25) is 0 Å². The van der Waals surface area contributed by atoms with Gasteiger partial charge in [-0.1, -0.05) is 6.07 Å². The topological polar surface area (TPSA) is 41.1 Å². The standard InChI is InChI=1S/C10H15NOS2.C8H19NS2/c1-13-8-6-11-5-4-9(12)10-3-2-7-14-10;1-10-7-4-3-5-9-6-8-11-2/h2-3,7,11H,4-6,8H2,1H3;9H,3-8H2,1-2H3. The molecule has 0 spiro atoms. The minimum absolute atomic E-state index is 0.247. The molecule has 1 rings (SSSR count). The molecule has 0 atom stereocenters. The molecule has 0 aliphatic heterocycles. The summed E-state index contributed by atoms with van der Waals surface area (Å²) in [6.45, 7) is 4.14. The highest BCUT2D eigenvalue weighted by molar-refractivity contribution is 7.99. The van der Waals surface area contributed by atoms with E-state index in [1.165, 1.54) is 48.8 Å². The number of carbonyl (C=O) groups excluding carboxylic acids is 1. The summed E-state index contributed by atoms with van der Waals surface area (Å²) in [6.07, 6.45) is 9.69. The van der Waals surface area contributed by atoms with Crippen molar-refractivity contribution < 1.29 is 4.79 Å². The molecule has 0 saturated heterocycles. The summed E-state index contributed by atoms with van der Waals surface area (Å²) in [5.74, 6) is 3.90. The fourth-order valence-corrected chi connectivity index (χ4v) is 3.74. The second-order valence-electron chi connectivity index (χ2n) is 5.34. The monoisotopic (exact) mass is 422 g/mol. The molecular weight excluding hydrogens is 388 g/mol. The van der Waals surface area contributed by atoms with E-state index in [1.807, 2.05) is 52.8 Å². The number of nitrogens with one attached hydrogen (secondary N) is 2. The SMILES string of the molecule is CSCCCCNCCSC.CSCCNCCC(=O)c1cccs1. The number of hydrogen-bond acceptors (Lipinski definition) is 7. The van der Waals surface area contributed by atoms with E-state index in [0.29, 0.717) is 6.42 Å². The molecule has 1 heterocycles. The fraction of sp³-hybridized carbons (Fsp3) is 0.722. The maximum absolute atomic E-state index is 11.5. The Hall–Kier alpha value is 0.340. The van der Waals surface area contributed by atoms with Gasteiger partial charge in [-0.2, -0.15) is 35.3 Å². The fourth-order valence-electron chi connectivity index (χ4n) is 1.86. The predicted molar refractivity (Wildman–Crippen MR) is 123 cm³/mol. The van der Waals surface area contributed by atoms with Crippen LogP contribution in [0.1, 0.15) is 28.9 Å². The van der Waals surface area contributed by atoms with Gasteiger partial charge in [-0.25, -0.2) is 0 Å². The summed E-state index contributed by atoms with van der Waals surface area (Å²) in [5.41, 5.74) is 0. The zero-order valence-electron chi connectivity index (χ0n) is 15.8. The molecule has 2 N–H and O–H groups in total. The summed E-state index contributed by atoms with van der Waals surface area (Å²) < 4.78 is 0. The second-order valence-corrected chi connectivity index (χ2v) is 9.24. The Bertz CT molecular complexity index is 380. The third-order valence-electron chi connectivity index (χ3n) is 3.24. The van der Waals surface area contributed by atoms with Gasteiger partial charge in [-0.05, 0) is 55.4 Å². The Morgan fingerprint density at radius 3 is 2.12 bits per heavy atom. The highest BCUT2D eigenvalue weighted by atomic mass is 32.2. The molecule has 0 radical (unpaired) electrons. The maximum atomic E-state index is 11.5. The number of carbonyl (C=O) groups is 1. The molecule has 1 aromatic rings. The summed E-state index contributed by atoms with van der Waals surface area (Å²) in [7, 11) is 0. The van der Waals surface area contributed by atoms with E-state index in [2.05, 4.69) is 29.4 Å². The Morgan fingerprint density at radius 2 is 1.56 bits per heavy atom. The molecule has 0 fully saturated rings. The largest absolute Gasteiger partial charge is 0.316 e. The van der Waals surface area contributed by atoms with E-state index in [-0.39, 0.29) is 5.78 Å². The lowest BCUT2D eigenvalue weighted by atomic mass is 10.2. The van der Waals surface area contributed by atoms with Crippen molar-refractivity contribution in [2.45, 2.75) is 19.3 Å². The molecule has 0 aromatic carbocycles. The van der Waals surface area contributed by atoms with Crippen molar-refractivity contribution >= 4 is 52.4 Å². The number of thioether (sulfide) groups is 3. The van der Waals surface area contributed by atoms with Crippen molar-refractivity contribution in [2.75, 3.05) is 62.2 Å². The normalized spacial score (nSPS) is 10.4. The van der Waals surface area contributed by atoms with E-state index >= 15 is 0 Å². The Kier molecular flexibility index (Phi) is 20.9. The average molecular weight is 423 g/mol. The van der Waals surface area contributed by atoms with Crippen molar-refractivity contribution in [1.29, 1.82) is 0 Å². The zero-order chi connectivity index (χ0) is 18.6. The molecule has 1 aromatic heterocycles. The van der Waals surface area contributed by atoms with E-state index in [9.17, 15) is 4.79 Å². The Balaban J connectivity index is 0.000000477. The van der Waals surface area contributed by atoms with Crippen LogP contribution in [0.5, 0.6) is 0 Å². The molecular formula is C18H34N2OS4. The van der Waals surface area contributed by atoms with Gasteiger partial charge >= 0.3 is 0 Å². The minimum Gasteiger partial charge on any atom is -0.316 e. The van der Waals surface area contributed by atoms with Crippen LogP contribution in [-0.2, 0) is 0 Å². The van der Waals surface area contributed by atoms with E-state index in [4.69, 9.17) is 0 Å². The van der Waals surface area contributed by atoms with Crippen LogP contribution in [0.4, 0.5) is 0 Å². The van der Waals surface area contributed by atoms with Crippen molar-refractivity contribution in [3.8, 4) is 0 Å². The lowest BCUT2D eigenvalue weighted by molar-refractivity contribution is 0.0986. The van der Waals surface area contributed by atoms with Crippen LogP contribution in [0.25, 0.3) is 0 Å². The van der Waals surface area contributed by atoms with Crippen molar-refractivity contribution in [2.24, 2.45) is 0 Å². The van der Waals surface area contributed by atoms with Crippen molar-refractivity contribution in [3.63, 3.8) is 0 Å². The number of Topliss-reactive ketones (excluding diaryl/α,β-unsaturated/α-hetero) is 1. The van der Waals surface area contributed by atoms with Crippen LogP contribution in [0, 0.1) is 0 Å². The maximum Gasteiger partial charge on any atom is 0.174 e. The van der Waals surface area contributed by atoms with Gasteiger partial charge in [0.25, 0.3) is 0 Å². The van der Waals surface area contributed by atoms with Gasteiger partial charge in [0.05, 0.1) is 4.88 Å². The lowest BCUT2D eigenvalue weighted by Crippen LogP contribution is -2.20. The smallest absolute Gasteiger partial charge is 0.174 e. The van der Waals surface area contributed by atoms with Crippen LogP contribution in [0.3, 0.4) is 0 Å². The minimum atomic E-state index is 0.247. The van der Waals surface area contributed by atoms with E-state index < -0.39 is 0 Å². The summed E-state index contributed by atoms with van der Waals surface area (Å²) >= 11 is 7.17. The first kappa shape index (κ1) is 25.3. The number of rotatable bonds is 15. The van der Waals surface area contributed by atoms with Gasteiger partial charge in [0, 0.05) is 37.6 Å². The summed E-state index contributed by atoms with van der Waals surface area (Å²) in [4.78, 5) is 12.4. The molecule has 25 heavy (non-hydrogen) atoms. The third kappa shape index (κ3) is 17.5. The van der Waals surface area contributed by atoms with E-state index in [0.717, 1.165) is 23.7 Å². The van der Waals surface area contributed by atoms with E-state index in [1.54, 1.807) is 0 Å². The summed E-state index contributed by atoms with van der Waals surface area (Å²) in [5, 5.41) is 8.60. The first-order valence-corrected chi connectivity index (χ1v) is 13.8. The third-order valence-corrected chi connectivity index (χ3v) is 6.08. The van der Waals surface area contributed by atoms with Crippen molar-refractivity contribution in [1.82, 2.24) is 10.6 Å². The van der Waals surface area contributed by atoms with Crippen LogP contribution >= 0.6 is 46.6 Å². The molecule has 0 bridgehead atoms. The number of unbranched alkanes of at least 4 members (excludes halogenated alkanes) is 1. The second kappa shape index (κ2) is 20.6. The molecule has 0 aliphatic rings. The van der Waals surface area contributed by atoms with Crippen LogP contribution < -0.4 is 10.6 Å². The van der Waals surface area contributed by atoms with Gasteiger partial charge in [-0.3, -0.25) is 4.79 Å². The average Bonchev–Trinajstić information content (AvgIpc) is 3.16. The predicted octanol–water partition coefficient (Wildman–Crippen LogP) is 4.36. The first-order chi connectivity index (χ1) is 12.3. The van der Waals surface area contributed by atoms with Gasteiger partial charge in [-0.15, -0.1) is 11.3 Å². The first-order valence-electron chi connectivity index (χ1n) is 8.71. The van der Waals surface area contributed by atoms with Crippen molar-refractivity contribution in [3.05, 3.63) is 22.4 Å². The highest BCUT2D eigenvalue weighted by Crippen LogP contribution is 2.10. The quantitative estimate of drug-likeness (QED) is 0.323. The molecule has 0 amide bonds. The molecule has 3 nitrogen and oxygen atoms in total. The van der Waals surface area contributed by atoms with Gasteiger partial charge < -0.3 is 10.6 Å². The number of hydrogen-bond donors (Lipinski definition) is 2. The Labute approximate surface area is 171 Å². The van der Waals surface area contributed by atoms with Gasteiger partial charge in [0.1, 0.15) is 0 Å². The highest BCUT2D eigenvalue weighted by Gasteiger charge is 2.04. The molecule has 7 heteroatoms. The van der Waals surface area contributed by atoms with Crippen LogP contribution in [0.15, 0.2) is 17.5 Å². The van der Waals surface area contributed by atoms with Gasteiger partial charge in [0.2, 0.25) is 0 Å². The van der Waals surface area contributed by atoms with Gasteiger partial charge in [0.15, 0.2) is 5.78 Å². The van der Waals surface area contributed by atoms with Crippen LogP contribution in [-0.4, -0.2) is 68.0 Å². The number of ketones is 1. The number of thiophene rings is 1. The molecule has 0 aliphatic carbocycles. The molecule has 0 unspecified atom stereocenters. The lowest BCUT2D eigenvalue weighted by Gasteiger charge is -2.01. The molecule has 146 valence electrons. The molecule has 0 saturated carbocycles. The Morgan fingerprint density at radius 1 is 0.920 bits per heavy atom.